The van der Waals surface area contributed by atoms with Crippen LogP contribution in [-0.2, 0) is 14.9 Å². The molecule has 0 fully saturated rings. The van der Waals surface area contributed by atoms with Crippen LogP contribution < -0.4 is 6.15 Å². The van der Waals surface area contributed by atoms with Crippen LogP contribution in [0.5, 0.6) is 0 Å². The predicted octanol–water partition coefficient (Wildman–Crippen LogP) is 0.456. The summed E-state index contributed by atoms with van der Waals surface area (Å²) in [6.07, 6.45) is 0.970. The first-order valence-corrected chi connectivity index (χ1v) is 4.63. The number of aliphatic carboxylic acids is 1. The van der Waals surface area contributed by atoms with E-state index in [0.717, 1.165) is 6.08 Å². The Labute approximate surface area is 76.6 Å². The first kappa shape index (κ1) is 14.6. The van der Waals surface area contributed by atoms with Gasteiger partial charge in [0, 0.05) is 5.57 Å². The summed E-state index contributed by atoms with van der Waals surface area (Å²) in [5.74, 6) is -1.20. The van der Waals surface area contributed by atoms with Crippen LogP contribution in [0, 0.1) is 0 Å². The second-order valence-corrected chi connectivity index (χ2v) is 4.15. The van der Waals surface area contributed by atoms with Crippen LogP contribution in [0.1, 0.15) is 13.8 Å². The van der Waals surface area contributed by atoms with Gasteiger partial charge in [0.15, 0.2) is 0 Å². The Hall–Kier alpha value is -0.920. The molecule has 0 aliphatic carbocycles. The molecule has 6 nitrogen and oxygen atoms in total. The molecule has 0 aliphatic rings. The normalized spacial score (nSPS) is 14.5. The van der Waals surface area contributed by atoms with Gasteiger partial charge in [0.1, 0.15) is 5.25 Å². The van der Waals surface area contributed by atoms with E-state index in [1.807, 2.05) is 0 Å². The van der Waals surface area contributed by atoms with Crippen LogP contribution in [0.3, 0.4) is 0 Å². The third-order valence-corrected chi connectivity index (χ3v) is 2.37. The summed E-state index contributed by atoms with van der Waals surface area (Å²) in [5.41, 5.74) is -0.111. The molecule has 1 unspecified atom stereocenters. The largest absolute Gasteiger partial charge is 0.478 e. The first-order valence-electron chi connectivity index (χ1n) is 3.13. The zero-order valence-corrected chi connectivity index (χ0v) is 8.21. The van der Waals surface area contributed by atoms with Crippen molar-refractivity contribution in [2.75, 3.05) is 0 Å². The van der Waals surface area contributed by atoms with E-state index in [1.54, 1.807) is 0 Å². The van der Waals surface area contributed by atoms with E-state index in [1.165, 1.54) is 13.8 Å². The van der Waals surface area contributed by atoms with E-state index < -0.39 is 21.3 Å². The molecule has 5 N–H and O–H groups in total. The average molecular weight is 211 g/mol. The summed E-state index contributed by atoms with van der Waals surface area (Å²) in [7, 11) is -4.17. The lowest BCUT2D eigenvalue weighted by atomic mass is 10.2. The lowest BCUT2D eigenvalue weighted by Gasteiger charge is -2.01. The molecule has 0 amide bonds. The third-order valence-electron chi connectivity index (χ3n) is 1.29. The summed E-state index contributed by atoms with van der Waals surface area (Å²) in [5, 5.41) is 7.17. The van der Waals surface area contributed by atoms with Gasteiger partial charge in [-0.3, -0.25) is 4.55 Å². The number of carbonyl (C=O) groups is 1. The van der Waals surface area contributed by atoms with Crippen molar-refractivity contribution < 1.29 is 22.9 Å². The lowest BCUT2D eigenvalue weighted by Crippen LogP contribution is -2.15. The molecular weight excluding hydrogens is 198 g/mol. The molecule has 1 atom stereocenters. The van der Waals surface area contributed by atoms with E-state index in [2.05, 4.69) is 0 Å². The highest BCUT2D eigenvalue weighted by molar-refractivity contribution is 7.86. The zero-order chi connectivity index (χ0) is 9.94. The molecule has 0 saturated heterocycles. The highest BCUT2D eigenvalue weighted by Crippen LogP contribution is 2.03. The molecule has 0 aromatic carbocycles. The molecule has 0 radical (unpaired) electrons. The Kier molecular flexibility index (Phi) is 5.56. The van der Waals surface area contributed by atoms with Gasteiger partial charge in [0.05, 0.1) is 0 Å². The predicted molar refractivity (Wildman–Crippen MR) is 47.4 cm³/mol. The molecule has 0 saturated carbocycles. The number of hydrogen-bond acceptors (Lipinski definition) is 4. The molecular formula is C6H13NO5S. The minimum absolute atomic E-state index is 0. The monoisotopic (exact) mass is 211 g/mol. The fourth-order valence-corrected chi connectivity index (χ4v) is 0.885. The molecule has 13 heavy (non-hydrogen) atoms. The molecule has 7 heteroatoms. The fourth-order valence-electron chi connectivity index (χ4n) is 0.509. The summed E-state index contributed by atoms with van der Waals surface area (Å²) in [4.78, 5) is 10.2. The molecule has 0 aromatic heterocycles. The average Bonchev–Trinajstić information content (AvgIpc) is 1.85. The van der Waals surface area contributed by atoms with Crippen molar-refractivity contribution in [1.29, 1.82) is 0 Å². The van der Waals surface area contributed by atoms with Gasteiger partial charge in [-0.05, 0) is 13.8 Å². The van der Waals surface area contributed by atoms with Crippen LogP contribution in [-0.4, -0.2) is 29.3 Å². The molecule has 0 aromatic rings. The Bertz CT molecular complexity index is 305. The van der Waals surface area contributed by atoms with Gasteiger partial charge in [-0.25, -0.2) is 4.79 Å². The Balaban J connectivity index is 0. The maximum atomic E-state index is 10.4. The van der Waals surface area contributed by atoms with Gasteiger partial charge in [0.2, 0.25) is 0 Å². The quantitative estimate of drug-likeness (QED) is 0.459. The van der Waals surface area contributed by atoms with E-state index in [0.29, 0.717) is 0 Å². The zero-order valence-electron chi connectivity index (χ0n) is 7.39. The topological polar surface area (TPSA) is 127 Å². The van der Waals surface area contributed by atoms with Crippen molar-refractivity contribution in [3.8, 4) is 0 Å². The molecule has 0 heterocycles. The number of carboxylic acid groups (broad SMARTS) is 1. The van der Waals surface area contributed by atoms with Gasteiger partial charge in [-0.2, -0.15) is 8.42 Å². The second kappa shape index (κ2) is 4.95. The third kappa shape index (κ3) is 5.34. The first-order chi connectivity index (χ1) is 5.25. The van der Waals surface area contributed by atoms with Crippen LogP contribution >= 0.6 is 0 Å². The van der Waals surface area contributed by atoms with Crippen molar-refractivity contribution >= 4 is 16.1 Å². The molecule has 0 rings (SSSR count). The van der Waals surface area contributed by atoms with Gasteiger partial charge < -0.3 is 11.3 Å². The highest BCUT2D eigenvalue weighted by Gasteiger charge is 2.15. The number of hydrogen-bond donors (Lipinski definition) is 3. The van der Waals surface area contributed by atoms with Crippen molar-refractivity contribution in [3.05, 3.63) is 11.6 Å². The SMILES string of the molecule is CC(=CC(C)S(=O)(=O)O)C(=O)O.N. The highest BCUT2D eigenvalue weighted by atomic mass is 32.2. The maximum absolute atomic E-state index is 10.4. The van der Waals surface area contributed by atoms with Crippen molar-refractivity contribution in [3.63, 3.8) is 0 Å². The fraction of sp³-hybridized carbons (Fsp3) is 0.500. The Morgan fingerprint density at radius 2 is 1.85 bits per heavy atom. The summed E-state index contributed by atoms with van der Waals surface area (Å²) in [6.45, 7) is 2.45. The minimum Gasteiger partial charge on any atom is -0.478 e. The summed E-state index contributed by atoms with van der Waals surface area (Å²) in [6, 6.07) is 0. The molecule has 78 valence electrons. The Morgan fingerprint density at radius 3 is 2.08 bits per heavy atom. The molecule has 0 bridgehead atoms. The van der Waals surface area contributed by atoms with Crippen LogP contribution in [0.2, 0.25) is 0 Å². The van der Waals surface area contributed by atoms with Crippen LogP contribution in [0.15, 0.2) is 11.6 Å². The van der Waals surface area contributed by atoms with Gasteiger partial charge in [0.25, 0.3) is 10.1 Å². The maximum Gasteiger partial charge on any atom is 0.330 e. The minimum atomic E-state index is -4.17. The second-order valence-electron chi connectivity index (χ2n) is 2.37. The van der Waals surface area contributed by atoms with E-state index in [4.69, 9.17) is 9.66 Å². The summed E-state index contributed by atoms with van der Waals surface area (Å²) >= 11 is 0. The van der Waals surface area contributed by atoms with Crippen LogP contribution in [0.25, 0.3) is 0 Å². The van der Waals surface area contributed by atoms with Crippen molar-refractivity contribution in [2.24, 2.45) is 0 Å². The van der Waals surface area contributed by atoms with Gasteiger partial charge >= 0.3 is 5.97 Å². The lowest BCUT2D eigenvalue weighted by molar-refractivity contribution is -0.132. The smallest absolute Gasteiger partial charge is 0.330 e. The van der Waals surface area contributed by atoms with Gasteiger partial charge in [-0.15, -0.1) is 0 Å². The van der Waals surface area contributed by atoms with Gasteiger partial charge in [-0.1, -0.05) is 6.08 Å². The van der Waals surface area contributed by atoms with Crippen LogP contribution in [0.4, 0.5) is 0 Å². The van der Waals surface area contributed by atoms with E-state index >= 15 is 0 Å². The Morgan fingerprint density at radius 1 is 1.46 bits per heavy atom. The number of rotatable bonds is 3. The molecule has 0 spiro atoms. The standard InChI is InChI=1S/C6H10O5S.H3N/c1-4(6(7)8)3-5(2)12(9,10)11;/h3,5H,1-2H3,(H,7,8)(H,9,10,11);1H3. The molecule has 0 aliphatic heterocycles. The van der Waals surface area contributed by atoms with E-state index in [9.17, 15) is 13.2 Å². The van der Waals surface area contributed by atoms with E-state index in [-0.39, 0.29) is 11.7 Å². The number of carboxylic acids is 1. The van der Waals surface area contributed by atoms with Crippen molar-refractivity contribution in [1.82, 2.24) is 6.15 Å². The van der Waals surface area contributed by atoms with Crippen molar-refractivity contribution in [2.45, 2.75) is 19.1 Å². The summed E-state index contributed by atoms with van der Waals surface area (Å²) < 4.78 is 29.3.